The Balaban J connectivity index is 1.64. The molecule has 1 amide bonds. The van der Waals surface area contributed by atoms with Gasteiger partial charge in [-0.2, -0.15) is 0 Å². The van der Waals surface area contributed by atoms with Gasteiger partial charge in [0, 0.05) is 18.3 Å². The molecule has 0 bridgehead atoms. The van der Waals surface area contributed by atoms with Crippen LogP contribution in [0.2, 0.25) is 0 Å². The maximum Gasteiger partial charge on any atom is 0.253 e. The molecule has 3 N–H and O–H groups in total. The summed E-state index contributed by atoms with van der Waals surface area (Å²) in [7, 11) is 0. The van der Waals surface area contributed by atoms with Gasteiger partial charge >= 0.3 is 0 Å². The molecule has 5 nitrogen and oxygen atoms in total. The third-order valence-corrected chi connectivity index (χ3v) is 4.05. The quantitative estimate of drug-likeness (QED) is 0.773. The number of hydrogen-bond donors (Lipinski definition) is 3. The number of amidine groups is 1. The van der Waals surface area contributed by atoms with E-state index in [2.05, 4.69) is 20.9 Å². The van der Waals surface area contributed by atoms with Crippen molar-refractivity contribution in [3.63, 3.8) is 0 Å². The van der Waals surface area contributed by atoms with Gasteiger partial charge in [-0.15, -0.1) is 0 Å². The Labute approximate surface area is 125 Å². The number of benzene rings is 1. The van der Waals surface area contributed by atoms with Crippen LogP contribution in [0, 0.1) is 0 Å². The first-order valence-electron chi connectivity index (χ1n) is 7.74. The minimum absolute atomic E-state index is 0.0197. The summed E-state index contributed by atoms with van der Waals surface area (Å²) in [5.74, 6) is 0.979. The monoisotopic (exact) mass is 286 g/mol. The van der Waals surface area contributed by atoms with Crippen LogP contribution in [0.5, 0.6) is 0 Å². The van der Waals surface area contributed by atoms with Crippen LogP contribution in [0.15, 0.2) is 29.3 Å². The van der Waals surface area contributed by atoms with Crippen molar-refractivity contribution in [3.05, 3.63) is 29.8 Å². The molecule has 21 heavy (non-hydrogen) atoms. The van der Waals surface area contributed by atoms with E-state index in [1.807, 2.05) is 24.3 Å². The molecule has 1 heterocycles. The summed E-state index contributed by atoms with van der Waals surface area (Å²) in [6.07, 6.45) is 4.64. The summed E-state index contributed by atoms with van der Waals surface area (Å²) in [5, 5.41) is 9.67. The summed E-state index contributed by atoms with van der Waals surface area (Å²) >= 11 is 0. The molecule has 1 aliphatic heterocycles. The van der Waals surface area contributed by atoms with E-state index in [-0.39, 0.29) is 5.91 Å². The van der Waals surface area contributed by atoms with Crippen LogP contribution < -0.4 is 16.0 Å². The molecule has 1 aromatic carbocycles. The van der Waals surface area contributed by atoms with Gasteiger partial charge in [-0.1, -0.05) is 25.0 Å². The molecule has 1 saturated carbocycles. The first-order valence-corrected chi connectivity index (χ1v) is 7.74. The Hall–Kier alpha value is -2.04. The lowest BCUT2D eigenvalue weighted by Gasteiger charge is -2.15. The van der Waals surface area contributed by atoms with Crippen molar-refractivity contribution in [2.45, 2.75) is 31.7 Å². The minimum atomic E-state index is 0.0197. The van der Waals surface area contributed by atoms with Crippen molar-refractivity contribution in [3.8, 4) is 0 Å². The van der Waals surface area contributed by atoms with Crippen molar-refractivity contribution in [1.29, 1.82) is 0 Å². The van der Waals surface area contributed by atoms with Crippen molar-refractivity contribution in [2.75, 3.05) is 25.0 Å². The fraction of sp³-hybridized carbons (Fsp3) is 0.500. The molecular formula is C16H22N4O. The number of hydrogen-bond acceptors (Lipinski definition) is 4. The van der Waals surface area contributed by atoms with E-state index in [0.717, 1.165) is 37.5 Å². The summed E-state index contributed by atoms with van der Waals surface area (Å²) < 4.78 is 0. The highest BCUT2D eigenvalue weighted by molar-refractivity contribution is 6.00. The zero-order chi connectivity index (χ0) is 14.5. The third kappa shape index (κ3) is 3.54. The average Bonchev–Trinajstić information content (AvgIpc) is 3.18. The fourth-order valence-electron chi connectivity index (χ4n) is 2.91. The van der Waals surface area contributed by atoms with Gasteiger partial charge in [-0.3, -0.25) is 9.79 Å². The molecule has 0 aromatic heterocycles. The molecule has 0 spiro atoms. The Morgan fingerprint density at radius 3 is 2.86 bits per heavy atom. The van der Waals surface area contributed by atoms with E-state index in [0.29, 0.717) is 18.2 Å². The molecule has 5 heteroatoms. The number of carbonyl (C=O) groups excluding carboxylic acids is 1. The molecule has 0 saturated heterocycles. The summed E-state index contributed by atoms with van der Waals surface area (Å²) in [6, 6.07) is 8.00. The van der Waals surface area contributed by atoms with Gasteiger partial charge in [-0.05, 0) is 25.0 Å². The first-order chi connectivity index (χ1) is 10.3. The lowest BCUT2D eigenvalue weighted by molar-refractivity contribution is 0.0938. The molecule has 3 rings (SSSR count). The Bertz CT molecular complexity index is 535. The van der Waals surface area contributed by atoms with E-state index < -0.39 is 0 Å². The highest BCUT2D eigenvalue weighted by Crippen LogP contribution is 2.20. The highest BCUT2D eigenvalue weighted by Gasteiger charge is 2.19. The van der Waals surface area contributed by atoms with Gasteiger partial charge in [0.2, 0.25) is 0 Å². The van der Waals surface area contributed by atoms with Crippen LogP contribution in [0.4, 0.5) is 5.69 Å². The van der Waals surface area contributed by atoms with Crippen LogP contribution in [0.3, 0.4) is 0 Å². The topological polar surface area (TPSA) is 65.5 Å². The largest absolute Gasteiger partial charge is 0.377 e. The third-order valence-electron chi connectivity index (χ3n) is 4.05. The number of anilines is 1. The van der Waals surface area contributed by atoms with Crippen LogP contribution >= 0.6 is 0 Å². The normalized spacial score (nSPS) is 18.2. The van der Waals surface area contributed by atoms with E-state index >= 15 is 0 Å². The lowest BCUT2D eigenvalue weighted by atomic mass is 10.1. The second-order valence-corrected chi connectivity index (χ2v) is 5.61. The van der Waals surface area contributed by atoms with Crippen molar-refractivity contribution in [1.82, 2.24) is 10.6 Å². The minimum Gasteiger partial charge on any atom is -0.377 e. The second kappa shape index (κ2) is 6.61. The highest BCUT2D eigenvalue weighted by atomic mass is 16.1. The molecule has 1 aromatic rings. The number of carbonyl (C=O) groups is 1. The van der Waals surface area contributed by atoms with Crippen molar-refractivity contribution >= 4 is 17.4 Å². The SMILES string of the molecule is O=C(NC1CCCC1)c1ccccc1NCC1=NCCN1. The van der Waals surface area contributed by atoms with Gasteiger partial charge in [0.05, 0.1) is 18.7 Å². The number of nitrogens with zero attached hydrogens (tertiary/aromatic N) is 1. The number of nitrogens with one attached hydrogen (secondary N) is 3. The van der Waals surface area contributed by atoms with E-state index in [4.69, 9.17) is 0 Å². The van der Waals surface area contributed by atoms with Crippen LogP contribution in [0.25, 0.3) is 0 Å². The smallest absolute Gasteiger partial charge is 0.253 e. The summed E-state index contributed by atoms with van der Waals surface area (Å²) in [4.78, 5) is 16.8. The predicted octanol–water partition coefficient (Wildman–Crippen LogP) is 1.77. The van der Waals surface area contributed by atoms with Gasteiger partial charge in [0.15, 0.2) is 0 Å². The molecule has 0 radical (unpaired) electrons. The molecule has 1 aliphatic carbocycles. The van der Waals surface area contributed by atoms with Gasteiger partial charge in [-0.25, -0.2) is 0 Å². The number of para-hydroxylation sites is 1. The number of rotatable bonds is 5. The Kier molecular flexibility index (Phi) is 4.38. The summed E-state index contributed by atoms with van der Waals surface area (Å²) in [6.45, 7) is 2.37. The zero-order valence-electron chi connectivity index (χ0n) is 12.2. The average molecular weight is 286 g/mol. The number of aliphatic imine (C=N–C) groups is 1. The molecule has 0 unspecified atom stereocenters. The Morgan fingerprint density at radius 1 is 1.29 bits per heavy atom. The predicted molar refractivity (Wildman–Crippen MR) is 85.0 cm³/mol. The van der Waals surface area contributed by atoms with Gasteiger partial charge < -0.3 is 16.0 Å². The fourth-order valence-corrected chi connectivity index (χ4v) is 2.91. The van der Waals surface area contributed by atoms with Gasteiger partial charge in [0.25, 0.3) is 5.91 Å². The maximum atomic E-state index is 12.4. The van der Waals surface area contributed by atoms with Crippen molar-refractivity contribution < 1.29 is 4.79 Å². The van der Waals surface area contributed by atoms with Crippen LogP contribution in [0.1, 0.15) is 36.0 Å². The van der Waals surface area contributed by atoms with Gasteiger partial charge in [0.1, 0.15) is 5.84 Å². The molecule has 0 atom stereocenters. The second-order valence-electron chi connectivity index (χ2n) is 5.61. The molecular weight excluding hydrogens is 264 g/mol. The molecule has 1 fully saturated rings. The van der Waals surface area contributed by atoms with E-state index in [1.165, 1.54) is 12.8 Å². The van der Waals surface area contributed by atoms with Crippen molar-refractivity contribution in [2.24, 2.45) is 4.99 Å². The maximum absolute atomic E-state index is 12.4. The molecule has 112 valence electrons. The van der Waals surface area contributed by atoms with E-state index in [9.17, 15) is 4.79 Å². The lowest BCUT2D eigenvalue weighted by Crippen LogP contribution is -2.33. The molecule has 2 aliphatic rings. The van der Waals surface area contributed by atoms with Crippen LogP contribution in [-0.4, -0.2) is 37.4 Å². The van der Waals surface area contributed by atoms with Crippen LogP contribution in [-0.2, 0) is 0 Å². The Morgan fingerprint density at radius 2 is 2.10 bits per heavy atom. The standard InChI is InChI=1S/C16H22N4O/c21-16(20-12-5-1-2-6-12)13-7-3-4-8-14(13)19-11-15-17-9-10-18-15/h3-4,7-8,12,19H,1-2,5-6,9-11H2,(H,17,18)(H,20,21). The summed E-state index contributed by atoms with van der Waals surface area (Å²) in [5.41, 5.74) is 1.58. The number of amides is 1. The zero-order valence-corrected chi connectivity index (χ0v) is 12.2. The first kappa shape index (κ1) is 13.9. The van der Waals surface area contributed by atoms with E-state index in [1.54, 1.807) is 0 Å².